The van der Waals surface area contributed by atoms with Crippen molar-refractivity contribution in [2.75, 3.05) is 26.3 Å². The molecule has 0 aliphatic carbocycles. The maximum atomic E-state index is 14.2. The van der Waals surface area contributed by atoms with Crippen LogP contribution in [0.4, 0.5) is 4.79 Å². The fourth-order valence-corrected chi connectivity index (χ4v) is 7.75. The first-order chi connectivity index (χ1) is 23.6. The van der Waals surface area contributed by atoms with Crippen molar-refractivity contribution >= 4 is 33.0 Å². The molecule has 0 spiro atoms. The largest absolute Gasteiger partial charge is 0.459 e. The number of carbonyl (C=O) groups is 2. The summed E-state index contributed by atoms with van der Waals surface area (Å²) in [5.74, 6) is -0.497. The van der Waals surface area contributed by atoms with Crippen LogP contribution in [0.15, 0.2) is 80.8 Å². The summed E-state index contributed by atoms with van der Waals surface area (Å²) in [6.07, 6.45) is -0.610. The number of aliphatic hydroxyl groups is 1. The Labute approximate surface area is 283 Å². The van der Waals surface area contributed by atoms with E-state index in [2.05, 4.69) is 15.8 Å². The average Bonchev–Trinajstić information content (AvgIpc) is 3.90. The zero-order valence-electron chi connectivity index (χ0n) is 27.2. The van der Waals surface area contributed by atoms with Gasteiger partial charge in [-0.05, 0) is 54.7 Å². The molecule has 6 rings (SSSR count). The van der Waals surface area contributed by atoms with Crippen molar-refractivity contribution in [3.05, 3.63) is 83.9 Å². The van der Waals surface area contributed by atoms with Gasteiger partial charge in [0.1, 0.15) is 11.8 Å². The van der Waals surface area contributed by atoms with Gasteiger partial charge < -0.3 is 38.9 Å². The summed E-state index contributed by atoms with van der Waals surface area (Å²) in [6, 6.07) is 15.9. The Balaban J connectivity index is 1.20. The minimum atomic E-state index is -4.18. The van der Waals surface area contributed by atoms with E-state index < -0.39 is 46.6 Å². The van der Waals surface area contributed by atoms with Crippen LogP contribution in [0.2, 0.25) is 0 Å². The molecule has 4 aromatic rings. The molecule has 0 unspecified atom stereocenters. The topological polar surface area (TPSA) is 183 Å². The van der Waals surface area contributed by atoms with Gasteiger partial charge in [0.2, 0.25) is 10.0 Å². The molecular weight excluding hydrogens is 656 g/mol. The molecule has 2 aromatic heterocycles. The van der Waals surface area contributed by atoms with Gasteiger partial charge in [-0.1, -0.05) is 49.3 Å². The van der Waals surface area contributed by atoms with Gasteiger partial charge in [0.05, 0.1) is 49.0 Å². The number of alkyl carbamates (subject to hydrolysis) is 1. The highest BCUT2D eigenvalue weighted by Crippen LogP contribution is 2.33. The smallest absolute Gasteiger partial charge is 0.407 e. The summed E-state index contributed by atoms with van der Waals surface area (Å²) in [7, 11) is -4.18. The monoisotopic (exact) mass is 696 g/mol. The van der Waals surface area contributed by atoms with Crippen molar-refractivity contribution < 1.29 is 46.3 Å². The second kappa shape index (κ2) is 15.1. The predicted molar refractivity (Wildman–Crippen MR) is 175 cm³/mol. The number of nitrogens with one attached hydrogen (secondary N) is 2. The lowest BCUT2D eigenvalue weighted by Gasteiger charge is -2.31. The Kier molecular flexibility index (Phi) is 10.6. The molecule has 0 radical (unpaired) electrons. The highest BCUT2D eigenvalue weighted by atomic mass is 32.2. The number of hydrogen-bond donors (Lipinski definition) is 3. The number of carbonyl (C=O) groups excluding carboxylic acids is 2. The number of sulfonamides is 1. The van der Waals surface area contributed by atoms with Crippen molar-refractivity contribution in [1.82, 2.24) is 20.1 Å². The van der Waals surface area contributed by atoms with E-state index in [1.807, 2.05) is 44.2 Å². The van der Waals surface area contributed by atoms with Gasteiger partial charge >= 0.3 is 6.09 Å². The number of ether oxygens (including phenoxy) is 3. The maximum Gasteiger partial charge on any atom is 0.407 e. The van der Waals surface area contributed by atoms with Crippen molar-refractivity contribution in [1.29, 1.82) is 0 Å². The van der Waals surface area contributed by atoms with Gasteiger partial charge in [-0.3, -0.25) is 4.79 Å². The Morgan fingerprint density at radius 2 is 1.90 bits per heavy atom. The van der Waals surface area contributed by atoms with E-state index in [9.17, 15) is 23.1 Å². The van der Waals surface area contributed by atoms with Gasteiger partial charge in [-0.15, -0.1) is 0 Å². The third kappa shape index (κ3) is 8.13. The van der Waals surface area contributed by atoms with Crippen molar-refractivity contribution in [2.24, 2.45) is 11.8 Å². The molecule has 2 saturated heterocycles. The normalized spacial score (nSPS) is 20.4. The van der Waals surface area contributed by atoms with Crippen LogP contribution in [0, 0.1) is 11.8 Å². The Morgan fingerprint density at radius 1 is 1.08 bits per heavy atom. The molecule has 49 heavy (non-hydrogen) atoms. The van der Waals surface area contributed by atoms with Gasteiger partial charge in [0.15, 0.2) is 17.6 Å². The molecule has 2 fully saturated rings. The van der Waals surface area contributed by atoms with Crippen LogP contribution in [0.5, 0.6) is 0 Å². The minimum absolute atomic E-state index is 0.0329. The Morgan fingerprint density at radius 3 is 2.65 bits per heavy atom. The lowest BCUT2D eigenvalue weighted by atomic mass is 10.0. The molecule has 2 amide bonds. The fraction of sp³-hybridized carbons (Fsp3) is 0.441. The summed E-state index contributed by atoms with van der Waals surface area (Å²) >= 11 is 0. The van der Waals surface area contributed by atoms with Crippen molar-refractivity contribution in [3.8, 4) is 0 Å². The lowest BCUT2D eigenvalue weighted by Crippen LogP contribution is -2.51. The molecule has 3 N–H and O–H groups in total. The molecule has 5 atom stereocenters. The van der Waals surface area contributed by atoms with Crippen LogP contribution < -0.4 is 10.6 Å². The second-order valence-electron chi connectivity index (χ2n) is 12.6. The van der Waals surface area contributed by atoms with Crippen molar-refractivity contribution in [3.63, 3.8) is 0 Å². The first kappa shape index (κ1) is 34.6. The van der Waals surface area contributed by atoms with Gasteiger partial charge in [0, 0.05) is 18.5 Å². The lowest BCUT2D eigenvalue weighted by molar-refractivity contribution is -0.0907. The third-order valence-electron chi connectivity index (χ3n) is 8.58. The van der Waals surface area contributed by atoms with Crippen LogP contribution in [0.25, 0.3) is 11.0 Å². The van der Waals surface area contributed by atoms with Crippen LogP contribution in [0.1, 0.15) is 42.1 Å². The van der Waals surface area contributed by atoms with E-state index in [0.29, 0.717) is 29.7 Å². The van der Waals surface area contributed by atoms with Crippen LogP contribution in [-0.2, 0) is 37.2 Å². The predicted octanol–water partition coefficient (Wildman–Crippen LogP) is 3.46. The summed E-state index contributed by atoms with van der Waals surface area (Å²) in [6.45, 7) is 4.24. The van der Waals surface area contributed by atoms with Gasteiger partial charge in [-0.2, -0.15) is 4.31 Å². The molecule has 2 aliphatic heterocycles. The first-order valence-corrected chi connectivity index (χ1v) is 17.6. The SMILES string of the molecule is CC(C)CN(C[C@@H](O)[C@H](Cc1ccccc1)NC(=O)O[C@H]1CO[C@H]2OCC[C@H]21)S(=O)(=O)c1ccc2onc(CNC(=O)c3ccco3)c2c1. The molecule has 2 aliphatic rings. The van der Waals surface area contributed by atoms with Gasteiger partial charge in [-0.25, -0.2) is 13.2 Å². The summed E-state index contributed by atoms with van der Waals surface area (Å²) in [5.41, 5.74) is 1.50. The molecular formula is C34H40N4O10S. The van der Waals surface area contributed by atoms with Crippen LogP contribution in [-0.4, -0.2) is 85.8 Å². The zero-order valence-corrected chi connectivity index (χ0v) is 28.0. The highest BCUT2D eigenvalue weighted by Gasteiger charge is 2.44. The quantitative estimate of drug-likeness (QED) is 0.176. The molecule has 15 heteroatoms. The molecule has 0 saturated carbocycles. The Hall–Kier alpha value is -4.28. The Bertz CT molecular complexity index is 1830. The minimum Gasteiger partial charge on any atom is -0.459 e. The number of fused-ring (bicyclic) bond motifs is 2. The van der Waals surface area contributed by atoms with Gasteiger partial charge in [0.25, 0.3) is 5.91 Å². The number of benzene rings is 2. The van der Waals surface area contributed by atoms with E-state index in [4.69, 9.17) is 23.2 Å². The molecule has 2 aromatic carbocycles. The number of hydrogen-bond acceptors (Lipinski definition) is 11. The first-order valence-electron chi connectivity index (χ1n) is 16.2. The summed E-state index contributed by atoms with van der Waals surface area (Å²) in [5, 5.41) is 21.5. The number of amides is 2. The molecule has 14 nitrogen and oxygen atoms in total. The number of aliphatic hydroxyl groups excluding tert-OH is 1. The third-order valence-corrected chi connectivity index (χ3v) is 10.4. The van der Waals surface area contributed by atoms with E-state index >= 15 is 0 Å². The number of rotatable bonds is 14. The standard InChI is InChI=1S/C34H40N4O10S/c1-21(2)18-38(49(42,43)23-10-11-29-25(16-23)27(37-48-29)17-35-32(40)30-9-6-13-44-30)19-28(39)26(15-22-7-4-3-5-8-22)36-34(41)47-31-20-46-33-24(31)12-14-45-33/h3-11,13,16,21,24,26,28,31,33,39H,12,14-15,17-20H2,1-2H3,(H,35,40)(H,36,41)/t24-,26-,28+,31-,33+/m0/s1. The number of nitrogens with zero attached hydrogens (tertiary/aromatic N) is 2. The number of aromatic nitrogens is 1. The molecule has 4 heterocycles. The highest BCUT2D eigenvalue weighted by molar-refractivity contribution is 7.89. The molecule has 262 valence electrons. The van der Waals surface area contributed by atoms with E-state index in [-0.39, 0.29) is 55.2 Å². The summed E-state index contributed by atoms with van der Waals surface area (Å²) in [4.78, 5) is 25.5. The van der Waals surface area contributed by atoms with E-state index in [1.54, 1.807) is 6.07 Å². The van der Waals surface area contributed by atoms with E-state index in [1.165, 1.54) is 34.8 Å². The van der Waals surface area contributed by atoms with E-state index in [0.717, 1.165) is 5.56 Å². The van der Waals surface area contributed by atoms with Crippen LogP contribution in [0.3, 0.4) is 0 Å². The fourth-order valence-electron chi connectivity index (χ4n) is 6.10. The average molecular weight is 697 g/mol. The van der Waals surface area contributed by atoms with Crippen LogP contribution >= 0.6 is 0 Å². The molecule has 0 bridgehead atoms. The second-order valence-corrected chi connectivity index (χ2v) is 14.6. The summed E-state index contributed by atoms with van der Waals surface area (Å²) < 4.78 is 56.9. The van der Waals surface area contributed by atoms with Crippen molar-refractivity contribution in [2.45, 2.75) is 62.7 Å². The maximum absolute atomic E-state index is 14.2. The number of furan rings is 1. The zero-order chi connectivity index (χ0) is 34.5.